The van der Waals surface area contributed by atoms with Crippen molar-refractivity contribution in [2.24, 2.45) is 5.92 Å². The molecule has 1 saturated heterocycles. The van der Waals surface area contributed by atoms with Crippen LogP contribution >= 0.6 is 0 Å². The van der Waals surface area contributed by atoms with Crippen LogP contribution in [0.25, 0.3) is 11.3 Å². The monoisotopic (exact) mass is 405 g/mol. The van der Waals surface area contributed by atoms with Crippen LogP contribution in [-0.4, -0.2) is 32.8 Å². The van der Waals surface area contributed by atoms with Gasteiger partial charge in [0.2, 0.25) is 5.91 Å². The molecule has 4 rings (SSSR count). The summed E-state index contributed by atoms with van der Waals surface area (Å²) in [6.45, 7) is 1.94. The number of anilines is 1. The number of nitrogens with zero attached hydrogens (tertiary/aromatic N) is 4. The molecule has 1 fully saturated rings. The maximum absolute atomic E-state index is 15.0. The van der Waals surface area contributed by atoms with Gasteiger partial charge in [-0.2, -0.15) is 15.3 Å². The molecule has 0 bridgehead atoms. The van der Waals surface area contributed by atoms with Crippen molar-refractivity contribution in [3.8, 4) is 11.3 Å². The lowest BCUT2D eigenvalue weighted by atomic mass is 9.98. The summed E-state index contributed by atoms with van der Waals surface area (Å²) < 4.78 is 54.9. The molecule has 29 heavy (non-hydrogen) atoms. The number of hydrogen-bond acceptors (Lipinski definition) is 4. The Morgan fingerprint density at radius 1 is 1.10 bits per heavy atom. The van der Waals surface area contributed by atoms with Crippen LogP contribution in [0.4, 0.5) is 23.4 Å². The van der Waals surface area contributed by atoms with Gasteiger partial charge in [-0.05, 0) is 43.0 Å². The van der Waals surface area contributed by atoms with Crippen LogP contribution in [0.15, 0.2) is 24.5 Å². The third kappa shape index (κ3) is 3.34. The van der Waals surface area contributed by atoms with Crippen molar-refractivity contribution in [3.05, 3.63) is 58.9 Å². The van der Waals surface area contributed by atoms with Crippen molar-refractivity contribution in [2.75, 3.05) is 11.4 Å². The molecule has 150 valence electrons. The molecule has 1 N–H and O–H groups in total. The number of halogens is 4. The Morgan fingerprint density at radius 3 is 2.48 bits per heavy atom. The minimum atomic E-state index is -1.56. The molecule has 1 amide bonds. The van der Waals surface area contributed by atoms with Crippen LogP contribution in [0.5, 0.6) is 0 Å². The molecule has 1 aliphatic heterocycles. The minimum absolute atomic E-state index is 0.00966. The highest BCUT2D eigenvalue weighted by Gasteiger charge is 2.36. The number of carbonyl (C=O) groups excluding carboxylic acids is 1. The molecule has 0 radical (unpaired) electrons. The second-order valence-corrected chi connectivity index (χ2v) is 6.88. The molecule has 1 atom stereocenters. The van der Waals surface area contributed by atoms with Crippen LogP contribution in [0.2, 0.25) is 0 Å². The number of carbonyl (C=O) groups is 1. The van der Waals surface area contributed by atoms with Crippen LogP contribution in [-0.2, 0) is 11.2 Å². The summed E-state index contributed by atoms with van der Waals surface area (Å²) in [6.07, 6.45) is 3.22. The normalized spacial score (nSPS) is 16.7. The lowest BCUT2D eigenvalue weighted by Crippen LogP contribution is -2.28. The van der Waals surface area contributed by atoms with Crippen LogP contribution in [0.3, 0.4) is 0 Å². The van der Waals surface area contributed by atoms with E-state index < -0.39 is 35.1 Å². The number of aromatic amines is 1. The van der Waals surface area contributed by atoms with E-state index in [-0.39, 0.29) is 30.0 Å². The van der Waals surface area contributed by atoms with E-state index in [9.17, 15) is 22.4 Å². The number of amides is 1. The maximum atomic E-state index is 15.0. The topological polar surface area (TPSA) is 74.8 Å². The Hall–Kier alpha value is -3.30. The predicted molar refractivity (Wildman–Crippen MR) is 94.8 cm³/mol. The first-order valence-electron chi connectivity index (χ1n) is 8.83. The summed E-state index contributed by atoms with van der Waals surface area (Å²) in [5.41, 5.74) is 1.39. The molecule has 6 nitrogen and oxygen atoms in total. The lowest BCUT2D eigenvalue weighted by Gasteiger charge is -2.14. The third-order valence-electron chi connectivity index (χ3n) is 4.99. The molecular weight excluding hydrogens is 390 g/mol. The van der Waals surface area contributed by atoms with Gasteiger partial charge < -0.3 is 0 Å². The molecule has 2 aromatic heterocycles. The minimum Gasteiger partial charge on any atom is -0.293 e. The number of nitrogens with one attached hydrogen (secondary N) is 1. The quantitative estimate of drug-likeness (QED) is 0.534. The number of H-pyrrole nitrogens is 1. The highest BCUT2D eigenvalue weighted by Crippen LogP contribution is 2.33. The average molecular weight is 405 g/mol. The molecule has 0 aliphatic carbocycles. The van der Waals surface area contributed by atoms with Gasteiger partial charge in [-0.15, -0.1) is 0 Å². The molecule has 10 heteroatoms. The van der Waals surface area contributed by atoms with E-state index in [0.717, 1.165) is 12.1 Å². The first kappa shape index (κ1) is 19.0. The standard InChI is InChI=1S/C19H15F4N5O/c1-9-7-24-25-8-12(9)17-16(23)18(27-26-17)28-3-2-11(19(28)29)4-10-5-13(20)15(22)14(21)6-10/h5-8,11H,2-4H2,1H3,(H,26,27). The molecule has 1 aliphatic rings. The van der Waals surface area contributed by atoms with Gasteiger partial charge in [0.1, 0.15) is 5.69 Å². The van der Waals surface area contributed by atoms with Crippen molar-refractivity contribution in [1.82, 2.24) is 20.4 Å². The lowest BCUT2D eigenvalue weighted by molar-refractivity contribution is -0.120. The highest BCUT2D eigenvalue weighted by atomic mass is 19.2. The SMILES string of the molecule is Cc1cnncc1-c1[nH]nc(N2CCC(Cc3cc(F)c(F)c(F)c3)C2=O)c1F. The van der Waals surface area contributed by atoms with E-state index in [0.29, 0.717) is 17.5 Å². The van der Waals surface area contributed by atoms with E-state index in [4.69, 9.17) is 0 Å². The fourth-order valence-electron chi connectivity index (χ4n) is 3.47. The third-order valence-corrected chi connectivity index (χ3v) is 4.99. The predicted octanol–water partition coefficient (Wildman–Crippen LogP) is 3.33. The zero-order valence-electron chi connectivity index (χ0n) is 15.2. The fourth-order valence-corrected chi connectivity index (χ4v) is 3.47. The molecule has 0 spiro atoms. The van der Waals surface area contributed by atoms with Gasteiger partial charge in [-0.1, -0.05) is 0 Å². The zero-order valence-corrected chi connectivity index (χ0v) is 15.2. The van der Waals surface area contributed by atoms with Gasteiger partial charge in [0.25, 0.3) is 0 Å². The molecule has 1 aromatic carbocycles. The molecule has 3 aromatic rings. The van der Waals surface area contributed by atoms with Gasteiger partial charge in [-0.3, -0.25) is 14.8 Å². The summed E-state index contributed by atoms with van der Waals surface area (Å²) in [6, 6.07) is 1.72. The first-order valence-corrected chi connectivity index (χ1v) is 8.83. The Bertz CT molecular complexity index is 1080. The zero-order chi connectivity index (χ0) is 20.7. The van der Waals surface area contributed by atoms with Crippen molar-refractivity contribution < 1.29 is 22.4 Å². The Labute approximate surface area is 162 Å². The Kier molecular flexibility index (Phi) is 4.77. The maximum Gasteiger partial charge on any atom is 0.231 e. The van der Waals surface area contributed by atoms with E-state index >= 15 is 0 Å². The number of aromatic nitrogens is 4. The number of hydrogen-bond donors (Lipinski definition) is 1. The van der Waals surface area contributed by atoms with Crippen LogP contribution in [0.1, 0.15) is 17.5 Å². The number of aryl methyl sites for hydroxylation is 1. The molecule has 0 saturated carbocycles. The highest BCUT2D eigenvalue weighted by molar-refractivity contribution is 5.97. The van der Waals surface area contributed by atoms with Crippen molar-refractivity contribution >= 4 is 11.7 Å². The fraction of sp³-hybridized carbons (Fsp3) is 0.263. The second kappa shape index (κ2) is 7.26. The summed E-state index contributed by atoms with van der Waals surface area (Å²) in [7, 11) is 0. The van der Waals surface area contributed by atoms with Gasteiger partial charge in [-0.25, -0.2) is 17.6 Å². The number of rotatable bonds is 4. The molecular formula is C19H15F4N5O. The summed E-state index contributed by atoms with van der Waals surface area (Å²) in [5, 5.41) is 14.0. The van der Waals surface area contributed by atoms with Gasteiger partial charge in [0, 0.05) is 18.0 Å². The smallest absolute Gasteiger partial charge is 0.231 e. The van der Waals surface area contributed by atoms with E-state index in [1.165, 1.54) is 17.3 Å². The van der Waals surface area contributed by atoms with E-state index in [1.54, 1.807) is 6.92 Å². The van der Waals surface area contributed by atoms with Crippen LogP contribution in [0, 0.1) is 36.1 Å². The second-order valence-electron chi connectivity index (χ2n) is 6.88. The summed E-state index contributed by atoms with van der Waals surface area (Å²) in [4.78, 5) is 13.9. The van der Waals surface area contributed by atoms with Gasteiger partial charge >= 0.3 is 0 Å². The Morgan fingerprint density at radius 2 is 1.79 bits per heavy atom. The van der Waals surface area contributed by atoms with Crippen molar-refractivity contribution in [2.45, 2.75) is 19.8 Å². The van der Waals surface area contributed by atoms with E-state index in [2.05, 4.69) is 20.4 Å². The van der Waals surface area contributed by atoms with Crippen LogP contribution < -0.4 is 4.90 Å². The van der Waals surface area contributed by atoms with Gasteiger partial charge in [0.15, 0.2) is 29.1 Å². The summed E-state index contributed by atoms with van der Waals surface area (Å²) >= 11 is 0. The molecule has 3 heterocycles. The van der Waals surface area contributed by atoms with Crippen molar-refractivity contribution in [3.63, 3.8) is 0 Å². The largest absolute Gasteiger partial charge is 0.293 e. The van der Waals surface area contributed by atoms with Gasteiger partial charge in [0.05, 0.1) is 12.4 Å². The first-order chi connectivity index (χ1) is 13.9. The summed E-state index contributed by atoms with van der Waals surface area (Å²) in [5.74, 6) is -6.08. The Balaban J connectivity index is 1.56. The number of benzene rings is 1. The van der Waals surface area contributed by atoms with E-state index in [1.807, 2.05) is 0 Å². The average Bonchev–Trinajstić information content (AvgIpc) is 3.23. The van der Waals surface area contributed by atoms with Crippen molar-refractivity contribution in [1.29, 1.82) is 0 Å². The molecule has 1 unspecified atom stereocenters.